The zero-order valence-electron chi connectivity index (χ0n) is 34.3. The van der Waals surface area contributed by atoms with E-state index in [4.69, 9.17) is 9.98 Å². The van der Waals surface area contributed by atoms with Gasteiger partial charge in [0.15, 0.2) is 5.84 Å². The topological polar surface area (TPSA) is 29.6 Å². The van der Waals surface area contributed by atoms with Crippen LogP contribution in [0.2, 0.25) is 0 Å². The highest BCUT2D eigenvalue weighted by atomic mass is 32.1. The van der Waals surface area contributed by atoms with Crippen molar-refractivity contribution >= 4 is 107 Å². The summed E-state index contributed by atoms with van der Waals surface area (Å²) in [6, 6.07) is 71.2. The van der Waals surface area contributed by atoms with Gasteiger partial charge in [0.25, 0.3) is 0 Å². The molecule has 4 heterocycles. The Bertz CT molecular complexity index is 3830. The second-order valence-electron chi connectivity index (χ2n) is 16.7. The van der Waals surface area contributed by atoms with Crippen molar-refractivity contribution in [2.24, 2.45) is 9.98 Å². The van der Waals surface area contributed by atoms with Crippen molar-refractivity contribution in [3.8, 4) is 16.8 Å². The van der Waals surface area contributed by atoms with Crippen molar-refractivity contribution in [1.82, 2.24) is 4.57 Å². The number of fused-ring (bicyclic) bond motifs is 10. The Morgan fingerprint density at radius 1 is 0.460 bits per heavy atom. The molecule has 9 aromatic carbocycles. The number of thiophene rings is 2. The standard InChI is InChI=1S/C58H39N3S2/c1-2-13-36(14-3-1)37-25-27-38(28-26-37)47-20-12-21-48(41-29-31-54-46(34-41)43-18-7-10-23-52(43)62-54)60-58(59-47)57-50(30-32-55-56(57)44-19-8-11-24-53(44)63-55)61-49-22-9-6-17-42(49)45-33-39-15-4-5-16-40(39)35-51(45)61/h1-11,13-19,22-35,48H,12,20-21H2/b59-47+,60-58-. The van der Waals surface area contributed by atoms with Crippen LogP contribution >= 0.6 is 22.7 Å². The molecule has 0 N–H and O–H groups in total. The van der Waals surface area contributed by atoms with E-state index >= 15 is 0 Å². The molecule has 1 unspecified atom stereocenters. The molecule has 1 aliphatic rings. The fourth-order valence-corrected chi connectivity index (χ4v) is 12.2. The lowest BCUT2D eigenvalue weighted by molar-refractivity contribution is 0.622. The average molecular weight is 842 g/mol. The van der Waals surface area contributed by atoms with Gasteiger partial charge in [-0.15, -0.1) is 22.7 Å². The van der Waals surface area contributed by atoms with Crippen LogP contribution in [-0.2, 0) is 0 Å². The van der Waals surface area contributed by atoms with Crippen LogP contribution in [0.4, 0.5) is 0 Å². The highest BCUT2D eigenvalue weighted by Crippen LogP contribution is 2.44. The fourth-order valence-electron chi connectivity index (χ4n) is 10.0. The minimum atomic E-state index is -0.0797. The number of benzene rings is 9. The van der Waals surface area contributed by atoms with Crippen LogP contribution in [-0.4, -0.2) is 16.1 Å². The summed E-state index contributed by atoms with van der Waals surface area (Å²) in [5.74, 6) is 0.785. The van der Waals surface area contributed by atoms with Gasteiger partial charge in [-0.1, -0.05) is 140 Å². The molecule has 13 rings (SSSR count). The lowest BCUT2D eigenvalue weighted by Gasteiger charge is -2.22. The maximum atomic E-state index is 5.93. The van der Waals surface area contributed by atoms with Gasteiger partial charge in [0.2, 0.25) is 0 Å². The van der Waals surface area contributed by atoms with Gasteiger partial charge >= 0.3 is 0 Å². The summed E-state index contributed by atoms with van der Waals surface area (Å²) in [5, 5.41) is 9.98. The zero-order chi connectivity index (χ0) is 41.4. The van der Waals surface area contributed by atoms with E-state index in [-0.39, 0.29) is 6.04 Å². The molecule has 63 heavy (non-hydrogen) atoms. The molecule has 0 saturated carbocycles. The zero-order valence-corrected chi connectivity index (χ0v) is 36.0. The van der Waals surface area contributed by atoms with Gasteiger partial charge < -0.3 is 4.57 Å². The van der Waals surface area contributed by atoms with Gasteiger partial charge in [-0.3, -0.25) is 4.99 Å². The number of rotatable bonds is 5. The average Bonchev–Trinajstić information content (AvgIpc) is 4.00. The molecule has 0 amide bonds. The molecule has 1 aliphatic heterocycles. The highest BCUT2D eigenvalue weighted by Gasteiger charge is 2.26. The van der Waals surface area contributed by atoms with Gasteiger partial charge in [0.1, 0.15) is 0 Å². The van der Waals surface area contributed by atoms with Gasteiger partial charge in [0.05, 0.1) is 34.0 Å². The molecule has 298 valence electrons. The first-order valence-electron chi connectivity index (χ1n) is 21.8. The number of para-hydroxylation sites is 1. The lowest BCUT2D eigenvalue weighted by atomic mass is 9.94. The van der Waals surface area contributed by atoms with Crippen molar-refractivity contribution < 1.29 is 0 Å². The predicted molar refractivity (Wildman–Crippen MR) is 272 cm³/mol. The van der Waals surface area contributed by atoms with E-state index in [0.29, 0.717) is 0 Å². The minimum absolute atomic E-state index is 0.0797. The second kappa shape index (κ2) is 14.7. The number of hydrogen-bond acceptors (Lipinski definition) is 4. The molecule has 5 heteroatoms. The Morgan fingerprint density at radius 3 is 1.94 bits per heavy atom. The summed E-state index contributed by atoms with van der Waals surface area (Å²) >= 11 is 3.72. The van der Waals surface area contributed by atoms with Crippen LogP contribution in [0.5, 0.6) is 0 Å². The minimum Gasteiger partial charge on any atom is -0.308 e. The van der Waals surface area contributed by atoms with Crippen LogP contribution in [0.3, 0.4) is 0 Å². The maximum absolute atomic E-state index is 5.93. The number of hydrogen-bond donors (Lipinski definition) is 0. The molecule has 0 saturated heterocycles. The Kier molecular flexibility index (Phi) is 8.53. The van der Waals surface area contributed by atoms with Gasteiger partial charge in [-0.2, -0.15) is 0 Å². The molecule has 0 radical (unpaired) electrons. The summed E-state index contributed by atoms with van der Waals surface area (Å²) in [6.45, 7) is 0. The lowest BCUT2D eigenvalue weighted by Crippen LogP contribution is -2.15. The molecule has 3 nitrogen and oxygen atoms in total. The van der Waals surface area contributed by atoms with Crippen LogP contribution in [0, 0.1) is 0 Å². The largest absolute Gasteiger partial charge is 0.308 e. The van der Waals surface area contributed by atoms with E-state index in [0.717, 1.165) is 47.6 Å². The van der Waals surface area contributed by atoms with Crippen molar-refractivity contribution in [1.29, 1.82) is 0 Å². The van der Waals surface area contributed by atoms with E-state index in [2.05, 4.69) is 199 Å². The summed E-state index contributed by atoms with van der Waals surface area (Å²) in [4.78, 5) is 11.8. The van der Waals surface area contributed by atoms with Crippen molar-refractivity contribution in [3.63, 3.8) is 0 Å². The third kappa shape index (κ3) is 6.06. The number of nitrogens with zero attached hydrogens (tertiary/aromatic N) is 3. The van der Waals surface area contributed by atoms with Crippen LogP contribution in [0.25, 0.3) is 89.7 Å². The molecule has 0 fully saturated rings. The van der Waals surface area contributed by atoms with Crippen LogP contribution in [0.15, 0.2) is 204 Å². The van der Waals surface area contributed by atoms with Gasteiger partial charge in [0, 0.05) is 51.1 Å². The van der Waals surface area contributed by atoms with E-state index in [9.17, 15) is 0 Å². The van der Waals surface area contributed by atoms with Crippen molar-refractivity contribution in [2.45, 2.75) is 25.3 Å². The third-order valence-electron chi connectivity index (χ3n) is 13.0. The number of amidine groups is 1. The quantitative estimate of drug-likeness (QED) is 0.165. The van der Waals surface area contributed by atoms with E-state index in [1.807, 2.05) is 22.7 Å². The van der Waals surface area contributed by atoms with Gasteiger partial charge in [-0.05, 0) is 107 Å². The molecule has 12 aromatic rings. The van der Waals surface area contributed by atoms with Crippen molar-refractivity contribution in [2.75, 3.05) is 0 Å². The summed E-state index contributed by atoms with van der Waals surface area (Å²) < 4.78 is 7.61. The van der Waals surface area contributed by atoms with Gasteiger partial charge in [-0.25, -0.2) is 4.99 Å². The summed E-state index contributed by atoms with van der Waals surface area (Å²) in [6.07, 6.45) is 2.73. The summed E-state index contributed by atoms with van der Waals surface area (Å²) in [5.41, 5.74) is 10.4. The molecule has 0 bridgehead atoms. The maximum Gasteiger partial charge on any atom is 0.158 e. The molecule has 0 aliphatic carbocycles. The number of aromatic nitrogens is 1. The first kappa shape index (κ1) is 36.5. The molecule has 0 spiro atoms. The first-order chi connectivity index (χ1) is 31.2. The molecule has 3 aromatic heterocycles. The van der Waals surface area contributed by atoms with Crippen LogP contribution in [0.1, 0.15) is 42.0 Å². The Morgan fingerprint density at radius 2 is 1.10 bits per heavy atom. The van der Waals surface area contributed by atoms with E-state index < -0.39 is 0 Å². The Hall–Kier alpha value is -7.18. The first-order valence-corrected chi connectivity index (χ1v) is 23.4. The Labute approximate surface area is 372 Å². The molecular formula is C58H39N3S2. The predicted octanol–water partition coefficient (Wildman–Crippen LogP) is 16.5. The second-order valence-corrected chi connectivity index (χ2v) is 18.9. The highest BCUT2D eigenvalue weighted by molar-refractivity contribution is 7.26. The molecular weight excluding hydrogens is 803 g/mol. The normalized spacial score (nSPS) is 16.5. The van der Waals surface area contributed by atoms with Crippen LogP contribution < -0.4 is 0 Å². The monoisotopic (exact) mass is 841 g/mol. The van der Waals surface area contributed by atoms with E-state index in [1.165, 1.54) is 89.6 Å². The SMILES string of the molecule is c1ccc(-c2ccc(/C3=N/C(c4c(-n5c6ccccc6c6cc7ccccc7cc65)ccc5sc6ccccc6c45)=N\C(c4ccc5sc6ccccc6c5c4)CCC3)cc2)cc1. The smallest absolute Gasteiger partial charge is 0.158 e. The Balaban J connectivity index is 1.11. The number of aliphatic imine (C=N–C) groups is 2. The molecule has 1 atom stereocenters. The van der Waals surface area contributed by atoms with E-state index in [1.54, 1.807) is 0 Å². The fraction of sp³-hybridized carbons (Fsp3) is 0.0690. The third-order valence-corrected chi connectivity index (χ3v) is 15.3. The summed E-state index contributed by atoms with van der Waals surface area (Å²) in [7, 11) is 0. The van der Waals surface area contributed by atoms with Crippen molar-refractivity contribution in [3.05, 3.63) is 211 Å².